The van der Waals surface area contributed by atoms with Gasteiger partial charge in [0.1, 0.15) is 4.87 Å². The number of thiazole rings is 1. The molecule has 31 heavy (non-hydrogen) atoms. The summed E-state index contributed by atoms with van der Waals surface area (Å²) in [7, 11) is -7.52. The number of sulfonamides is 1. The minimum Gasteiger partial charge on any atom is -0.348 e. The van der Waals surface area contributed by atoms with Crippen LogP contribution in [0.5, 0.6) is 0 Å². The minimum atomic E-state index is -3.92. The highest BCUT2D eigenvalue weighted by molar-refractivity contribution is 7.95. The second-order valence-electron chi connectivity index (χ2n) is 7.75. The fourth-order valence-corrected chi connectivity index (χ4v) is 10.2. The summed E-state index contributed by atoms with van der Waals surface area (Å²) in [5.74, 6) is -0.154. The van der Waals surface area contributed by atoms with Gasteiger partial charge >= 0.3 is 0 Å². The zero-order chi connectivity index (χ0) is 21.9. The van der Waals surface area contributed by atoms with Crippen molar-refractivity contribution >= 4 is 58.1 Å². The molecule has 11 heteroatoms. The van der Waals surface area contributed by atoms with E-state index in [2.05, 4.69) is 4.98 Å². The van der Waals surface area contributed by atoms with Crippen molar-refractivity contribution in [3.05, 3.63) is 53.6 Å². The van der Waals surface area contributed by atoms with Crippen molar-refractivity contribution in [2.75, 3.05) is 30.3 Å². The first kappa shape index (κ1) is 21.1. The van der Waals surface area contributed by atoms with Gasteiger partial charge in [-0.1, -0.05) is 41.1 Å². The summed E-state index contributed by atoms with van der Waals surface area (Å²) in [6, 6.07) is 13.6. The summed E-state index contributed by atoms with van der Waals surface area (Å²) in [5, 5.41) is 1.43. The number of aromatic nitrogens is 1. The molecule has 1 aromatic heterocycles. The van der Waals surface area contributed by atoms with Crippen molar-refractivity contribution in [3.8, 4) is 0 Å². The maximum absolute atomic E-state index is 13.3. The average molecular weight is 498 g/mol. The van der Waals surface area contributed by atoms with Crippen LogP contribution in [-0.4, -0.2) is 56.4 Å². The van der Waals surface area contributed by atoms with E-state index in [-0.39, 0.29) is 30.0 Å². The molecule has 0 N–H and O–H groups in total. The van der Waals surface area contributed by atoms with Gasteiger partial charge in [-0.25, -0.2) is 21.8 Å². The van der Waals surface area contributed by atoms with Crippen LogP contribution in [0.3, 0.4) is 0 Å². The standard InChI is InChI=1S/C20H20ClN3O4S3/c21-15-6-7-17-18(14-15)29-19(22-17)23-10-8-20(9-11-23)24(12-13-30(20,25)26)31(27,28)16-4-2-1-3-5-16/h1-7,14H,8-13H2. The summed E-state index contributed by atoms with van der Waals surface area (Å²) in [5.41, 5.74) is 0.839. The van der Waals surface area contributed by atoms with Crippen LogP contribution in [-0.2, 0) is 19.9 Å². The molecule has 2 fully saturated rings. The summed E-state index contributed by atoms with van der Waals surface area (Å²) in [6.45, 7) is 0.806. The molecule has 2 aliphatic heterocycles. The van der Waals surface area contributed by atoms with E-state index in [1.807, 2.05) is 17.0 Å². The first-order chi connectivity index (χ1) is 14.7. The molecule has 0 aliphatic carbocycles. The molecule has 7 nitrogen and oxygen atoms in total. The van der Waals surface area contributed by atoms with E-state index in [9.17, 15) is 16.8 Å². The molecule has 5 rings (SSSR count). The summed E-state index contributed by atoms with van der Waals surface area (Å²) < 4.78 is 55.0. The number of hydrogen-bond acceptors (Lipinski definition) is 7. The summed E-state index contributed by atoms with van der Waals surface area (Å²) >= 11 is 7.57. The third kappa shape index (κ3) is 3.36. The van der Waals surface area contributed by atoms with Crippen LogP contribution < -0.4 is 4.90 Å². The molecule has 0 unspecified atom stereocenters. The number of fused-ring (bicyclic) bond motifs is 1. The monoisotopic (exact) mass is 497 g/mol. The van der Waals surface area contributed by atoms with Crippen LogP contribution in [0.25, 0.3) is 10.2 Å². The van der Waals surface area contributed by atoms with E-state index in [4.69, 9.17) is 11.6 Å². The second-order valence-corrected chi connectivity index (χ2v) is 13.5. The fourth-order valence-electron chi connectivity index (χ4n) is 4.44. The van der Waals surface area contributed by atoms with Crippen molar-refractivity contribution in [1.29, 1.82) is 0 Å². The van der Waals surface area contributed by atoms with Crippen molar-refractivity contribution in [1.82, 2.24) is 9.29 Å². The van der Waals surface area contributed by atoms with Crippen LogP contribution >= 0.6 is 22.9 Å². The fraction of sp³-hybridized carbons (Fsp3) is 0.350. The lowest BCUT2D eigenvalue weighted by Crippen LogP contribution is -2.57. The van der Waals surface area contributed by atoms with Crippen molar-refractivity contribution < 1.29 is 16.8 Å². The van der Waals surface area contributed by atoms with Crippen molar-refractivity contribution in [2.45, 2.75) is 22.6 Å². The van der Waals surface area contributed by atoms with Gasteiger partial charge in [-0.05, 0) is 43.2 Å². The van der Waals surface area contributed by atoms with E-state index in [0.717, 1.165) is 15.3 Å². The first-order valence-corrected chi connectivity index (χ1v) is 14.1. The molecule has 2 aromatic carbocycles. The van der Waals surface area contributed by atoms with Crippen molar-refractivity contribution in [3.63, 3.8) is 0 Å². The first-order valence-electron chi connectivity index (χ1n) is 9.84. The Bertz CT molecular complexity index is 1350. The molecule has 2 saturated heterocycles. The lowest BCUT2D eigenvalue weighted by molar-refractivity contribution is 0.255. The van der Waals surface area contributed by atoms with Gasteiger partial charge in [0.15, 0.2) is 15.0 Å². The zero-order valence-corrected chi connectivity index (χ0v) is 19.6. The normalized spacial score (nSPS) is 21.1. The maximum atomic E-state index is 13.3. The van der Waals surface area contributed by atoms with Crippen LogP contribution in [0.2, 0.25) is 5.02 Å². The molecule has 3 aromatic rings. The largest absolute Gasteiger partial charge is 0.348 e. The Balaban J connectivity index is 1.46. The summed E-state index contributed by atoms with van der Waals surface area (Å²) in [4.78, 5) is 5.40. The highest BCUT2D eigenvalue weighted by Gasteiger charge is 2.59. The van der Waals surface area contributed by atoms with E-state index < -0.39 is 24.7 Å². The van der Waals surface area contributed by atoms with E-state index in [1.165, 1.54) is 27.8 Å². The van der Waals surface area contributed by atoms with E-state index in [0.29, 0.717) is 18.1 Å². The molecule has 1 spiro atoms. The zero-order valence-electron chi connectivity index (χ0n) is 16.4. The predicted molar refractivity (Wildman–Crippen MR) is 123 cm³/mol. The highest BCUT2D eigenvalue weighted by atomic mass is 35.5. The molecular weight excluding hydrogens is 478 g/mol. The molecule has 0 bridgehead atoms. The molecule has 0 amide bonds. The van der Waals surface area contributed by atoms with E-state index >= 15 is 0 Å². The third-order valence-electron chi connectivity index (χ3n) is 6.08. The number of anilines is 1. The van der Waals surface area contributed by atoms with Crippen LogP contribution in [0, 0.1) is 0 Å². The van der Waals surface area contributed by atoms with Gasteiger partial charge in [0.25, 0.3) is 0 Å². The van der Waals surface area contributed by atoms with Gasteiger partial charge in [0.2, 0.25) is 10.0 Å². The summed E-state index contributed by atoms with van der Waals surface area (Å²) in [6.07, 6.45) is 0.413. The molecule has 164 valence electrons. The number of hydrogen-bond donors (Lipinski definition) is 0. The number of rotatable bonds is 3. The van der Waals surface area contributed by atoms with Gasteiger partial charge in [-0.2, -0.15) is 4.31 Å². The quantitative estimate of drug-likeness (QED) is 0.551. The lowest BCUT2D eigenvalue weighted by Gasteiger charge is -2.42. The van der Waals surface area contributed by atoms with Crippen molar-refractivity contribution in [2.24, 2.45) is 0 Å². The SMILES string of the molecule is O=S(=O)(c1ccccc1)N1CCS(=O)(=O)C12CCN(c1nc3ccc(Cl)cc3s1)CC2. The molecule has 0 saturated carbocycles. The topological polar surface area (TPSA) is 87.7 Å². The average Bonchev–Trinajstić information content (AvgIpc) is 3.28. The Morgan fingerprint density at radius 2 is 1.74 bits per heavy atom. The Hall–Kier alpha value is -1.72. The number of piperidine rings is 1. The molecule has 3 heterocycles. The lowest BCUT2D eigenvalue weighted by atomic mass is 10.0. The van der Waals surface area contributed by atoms with Crippen LogP contribution in [0.15, 0.2) is 53.4 Å². The van der Waals surface area contributed by atoms with Gasteiger partial charge < -0.3 is 4.90 Å². The molecular formula is C20H20ClN3O4S3. The number of halogens is 1. The maximum Gasteiger partial charge on any atom is 0.244 e. The Labute approximate surface area is 190 Å². The molecule has 0 atom stereocenters. The smallest absolute Gasteiger partial charge is 0.244 e. The highest BCUT2D eigenvalue weighted by Crippen LogP contribution is 2.44. The Morgan fingerprint density at radius 3 is 2.45 bits per heavy atom. The third-order valence-corrected chi connectivity index (χ3v) is 12.0. The van der Waals surface area contributed by atoms with Gasteiger partial charge in [-0.15, -0.1) is 0 Å². The number of sulfone groups is 1. The van der Waals surface area contributed by atoms with Crippen LogP contribution in [0.1, 0.15) is 12.8 Å². The van der Waals surface area contributed by atoms with Gasteiger partial charge in [0.05, 0.1) is 20.9 Å². The molecule has 0 radical (unpaired) electrons. The van der Waals surface area contributed by atoms with Gasteiger partial charge in [-0.3, -0.25) is 0 Å². The number of nitrogens with zero attached hydrogens (tertiary/aromatic N) is 3. The Morgan fingerprint density at radius 1 is 1.03 bits per heavy atom. The Kier molecular flexibility index (Phi) is 5.06. The number of benzene rings is 2. The van der Waals surface area contributed by atoms with Crippen LogP contribution in [0.4, 0.5) is 5.13 Å². The minimum absolute atomic E-state index is 0.0147. The van der Waals surface area contributed by atoms with Gasteiger partial charge in [0, 0.05) is 24.7 Å². The second kappa shape index (κ2) is 7.41. The van der Waals surface area contributed by atoms with E-state index in [1.54, 1.807) is 24.3 Å². The molecule has 2 aliphatic rings. The predicted octanol–water partition coefficient (Wildman–Crippen LogP) is 3.37.